The van der Waals surface area contributed by atoms with Gasteiger partial charge in [0.2, 0.25) is 0 Å². The van der Waals surface area contributed by atoms with E-state index in [0.717, 1.165) is 17.9 Å². The number of aromatic nitrogens is 1. The number of benzene rings is 1. The van der Waals surface area contributed by atoms with Crippen LogP contribution in [0, 0.1) is 11.6 Å². The fourth-order valence-corrected chi connectivity index (χ4v) is 2.93. The normalized spacial score (nSPS) is 10.6. The molecule has 0 atom stereocenters. The standard InChI is InChI=1S/C19H20F4N4S/c1-4-28-27(16-7-8-17(20)18(21)9-16)11-15-6-5-14(10-24-15)12(2)25-26-13(3)19(22)23/h5-10,19,25-26H,2-4,11H2,1H3. The molecule has 0 unspecified atom stereocenters. The lowest BCUT2D eigenvalue weighted by atomic mass is 10.2. The molecular weight excluding hydrogens is 392 g/mol. The van der Waals surface area contributed by atoms with Gasteiger partial charge in [0.05, 0.1) is 29.3 Å². The zero-order valence-electron chi connectivity index (χ0n) is 15.2. The quantitative estimate of drug-likeness (QED) is 0.331. The van der Waals surface area contributed by atoms with Gasteiger partial charge in [0.1, 0.15) is 0 Å². The van der Waals surface area contributed by atoms with Crippen molar-refractivity contribution in [1.82, 2.24) is 15.8 Å². The molecule has 0 aliphatic heterocycles. The number of hydrogen-bond acceptors (Lipinski definition) is 5. The van der Waals surface area contributed by atoms with Gasteiger partial charge in [-0.25, -0.2) is 17.6 Å². The molecule has 9 heteroatoms. The van der Waals surface area contributed by atoms with E-state index in [4.69, 9.17) is 0 Å². The van der Waals surface area contributed by atoms with Gasteiger partial charge in [-0.3, -0.25) is 10.4 Å². The predicted octanol–water partition coefficient (Wildman–Crippen LogP) is 4.88. The first-order valence-corrected chi connectivity index (χ1v) is 9.24. The van der Waals surface area contributed by atoms with Crippen molar-refractivity contribution in [2.75, 3.05) is 10.1 Å². The van der Waals surface area contributed by atoms with Crippen LogP contribution in [0.15, 0.2) is 55.4 Å². The molecule has 0 aliphatic carbocycles. The molecular formula is C19H20F4N4S. The smallest absolute Gasteiger partial charge is 0.279 e. The van der Waals surface area contributed by atoms with Crippen molar-refractivity contribution in [2.45, 2.75) is 19.9 Å². The van der Waals surface area contributed by atoms with Crippen LogP contribution >= 0.6 is 11.9 Å². The van der Waals surface area contributed by atoms with E-state index in [9.17, 15) is 17.6 Å². The summed E-state index contributed by atoms with van der Waals surface area (Å²) in [4.78, 5) is 4.33. The maximum Gasteiger partial charge on any atom is 0.279 e. The first kappa shape index (κ1) is 21.6. The molecule has 0 saturated heterocycles. The summed E-state index contributed by atoms with van der Waals surface area (Å²) < 4.78 is 53.3. The van der Waals surface area contributed by atoms with Crippen molar-refractivity contribution < 1.29 is 17.6 Å². The van der Waals surface area contributed by atoms with Crippen LogP contribution in [0.4, 0.5) is 23.2 Å². The SMILES string of the molecule is C=C(NNC(=C)C(F)F)c1ccc(CN(SCC)c2ccc(F)c(F)c2)nc1. The molecule has 0 amide bonds. The van der Waals surface area contributed by atoms with Gasteiger partial charge in [-0.1, -0.05) is 20.1 Å². The Kier molecular flexibility index (Phi) is 7.74. The number of hydrogen-bond donors (Lipinski definition) is 2. The van der Waals surface area contributed by atoms with Crippen LogP contribution in [0.1, 0.15) is 18.2 Å². The number of nitrogens with one attached hydrogen (secondary N) is 2. The third kappa shape index (κ3) is 5.91. The molecule has 2 aromatic rings. The number of rotatable bonds is 10. The molecule has 28 heavy (non-hydrogen) atoms. The maximum absolute atomic E-state index is 13.5. The third-order valence-electron chi connectivity index (χ3n) is 3.59. The number of nitrogens with zero attached hydrogens (tertiary/aromatic N) is 2. The van der Waals surface area contributed by atoms with E-state index in [0.29, 0.717) is 29.2 Å². The lowest BCUT2D eigenvalue weighted by Gasteiger charge is -2.22. The van der Waals surface area contributed by atoms with Gasteiger partial charge in [0.15, 0.2) is 11.6 Å². The summed E-state index contributed by atoms with van der Waals surface area (Å²) in [6, 6.07) is 7.19. The Morgan fingerprint density at radius 2 is 1.89 bits per heavy atom. The monoisotopic (exact) mass is 412 g/mol. The van der Waals surface area contributed by atoms with E-state index in [2.05, 4.69) is 29.0 Å². The zero-order chi connectivity index (χ0) is 20.7. The highest BCUT2D eigenvalue weighted by Gasteiger charge is 2.12. The molecule has 2 N–H and O–H groups in total. The Labute approximate surface area is 165 Å². The van der Waals surface area contributed by atoms with E-state index in [1.165, 1.54) is 24.2 Å². The summed E-state index contributed by atoms with van der Waals surface area (Å²) in [5.41, 5.74) is 6.51. The highest BCUT2D eigenvalue weighted by molar-refractivity contribution is 8.00. The second-order valence-corrected chi connectivity index (χ2v) is 6.92. The zero-order valence-corrected chi connectivity index (χ0v) is 16.0. The number of anilines is 1. The second-order valence-electron chi connectivity index (χ2n) is 5.65. The number of halogens is 4. The van der Waals surface area contributed by atoms with E-state index in [1.54, 1.807) is 12.1 Å². The molecule has 0 saturated carbocycles. The van der Waals surface area contributed by atoms with E-state index >= 15 is 0 Å². The molecule has 150 valence electrons. The fourth-order valence-electron chi connectivity index (χ4n) is 2.13. The van der Waals surface area contributed by atoms with Gasteiger partial charge in [-0.2, -0.15) is 0 Å². The highest BCUT2D eigenvalue weighted by atomic mass is 32.2. The van der Waals surface area contributed by atoms with Crippen LogP contribution in [0.5, 0.6) is 0 Å². The van der Waals surface area contributed by atoms with Crippen molar-refractivity contribution in [2.24, 2.45) is 0 Å². The minimum Gasteiger partial charge on any atom is -0.310 e. The van der Waals surface area contributed by atoms with Crippen LogP contribution in [-0.4, -0.2) is 17.2 Å². The van der Waals surface area contributed by atoms with Gasteiger partial charge >= 0.3 is 0 Å². The lowest BCUT2D eigenvalue weighted by molar-refractivity contribution is 0.179. The summed E-state index contributed by atoms with van der Waals surface area (Å²) in [6.07, 6.45) is -1.16. The third-order valence-corrected chi connectivity index (χ3v) is 4.50. The summed E-state index contributed by atoms with van der Waals surface area (Å²) >= 11 is 1.45. The summed E-state index contributed by atoms with van der Waals surface area (Å²) in [5.74, 6) is -1.08. The lowest BCUT2D eigenvalue weighted by Crippen LogP contribution is -2.31. The van der Waals surface area contributed by atoms with E-state index < -0.39 is 23.8 Å². The summed E-state index contributed by atoms with van der Waals surface area (Å²) in [6.45, 7) is 9.25. The number of alkyl halides is 2. The molecule has 0 spiro atoms. The topological polar surface area (TPSA) is 40.2 Å². The van der Waals surface area contributed by atoms with Crippen LogP contribution in [-0.2, 0) is 6.54 Å². The summed E-state index contributed by atoms with van der Waals surface area (Å²) in [7, 11) is 0. The minimum absolute atomic E-state index is 0.348. The second kappa shape index (κ2) is 10.0. The van der Waals surface area contributed by atoms with Crippen molar-refractivity contribution >= 4 is 23.3 Å². The van der Waals surface area contributed by atoms with Crippen LogP contribution in [0.3, 0.4) is 0 Å². The van der Waals surface area contributed by atoms with Crippen molar-refractivity contribution in [3.05, 3.63) is 78.3 Å². The van der Waals surface area contributed by atoms with Crippen LogP contribution in [0.25, 0.3) is 5.70 Å². The minimum atomic E-state index is -2.70. The number of allylic oxidation sites excluding steroid dienone is 1. The maximum atomic E-state index is 13.5. The molecule has 4 nitrogen and oxygen atoms in total. The van der Waals surface area contributed by atoms with Crippen LogP contribution < -0.4 is 15.2 Å². The Bertz CT molecular complexity index is 827. The highest BCUT2D eigenvalue weighted by Crippen LogP contribution is 2.26. The first-order chi connectivity index (χ1) is 13.3. The van der Waals surface area contributed by atoms with E-state index in [1.807, 2.05) is 11.2 Å². The molecule has 0 bridgehead atoms. The van der Waals surface area contributed by atoms with Crippen molar-refractivity contribution in [3.63, 3.8) is 0 Å². The molecule has 0 radical (unpaired) electrons. The van der Waals surface area contributed by atoms with Crippen molar-refractivity contribution in [3.8, 4) is 0 Å². The fraction of sp³-hybridized carbons (Fsp3) is 0.211. The van der Waals surface area contributed by atoms with Gasteiger partial charge in [0, 0.05) is 23.6 Å². The molecule has 2 rings (SSSR count). The van der Waals surface area contributed by atoms with Crippen molar-refractivity contribution in [1.29, 1.82) is 0 Å². The number of pyridine rings is 1. The molecule has 1 aromatic carbocycles. The Morgan fingerprint density at radius 3 is 2.46 bits per heavy atom. The Morgan fingerprint density at radius 1 is 1.14 bits per heavy atom. The number of hydrazine groups is 1. The van der Waals surface area contributed by atoms with Gasteiger partial charge in [0.25, 0.3) is 6.43 Å². The first-order valence-electron chi connectivity index (χ1n) is 8.30. The van der Waals surface area contributed by atoms with Gasteiger partial charge in [-0.15, -0.1) is 0 Å². The van der Waals surface area contributed by atoms with E-state index in [-0.39, 0.29) is 0 Å². The van der Waals surface area contributed by atoms with Crippen LogP contribution in [0.2, 0.25) is 0 Å². The molecule has 1 aromatic heterocycles. The Balaban J connectivity index is 2.05. The largest absolute Gasteiger partial charge is 0.310 e. The van der Waals surface area contributed by atoms with Gasteiger partial charge < -0.3 is 9.73 Å². The molecule has 1 heterocycles. The molecule has 0 fully saturated rings. The average molecular weight is 412 g/mol. The Hall–Kier alpha value is -2.68. The van der Waals surface area contributed by atoms with Gasteiger partial charge in [-0.05, 0) is 36.2 Å². The summed E-state index contributed by atoms with van der Waals surface area (Å²) in [5, 5.41) is 0. The predicted molar refractivity (Wildman–Crippen MR) is 105 cm³/mol. The average Bonchev–Trinajstić information content (AvgIpc) is 2.68. The molecule has 0 aliphatic rings.